The molecule has 170 valence electrons. The van der Waals surface area contributed by atoms with E-state index in [1.54, 1.807) is 0 Å². The second kappa shape index (κ2) is 10.1. The first-order valence-corrected chi connectivity index (χ1v) is 10.6. The van der Waals surface area contributed by atoms with Crippen molar-refractivity contribution >= 4 is 29.1 Å². The number of ketones is 1. The Hall–Kier alpha value is -3.03. The number of hydrogen-bond acceptors (Lipinski definition) is 6. The van der Waals surface area contributed by atoms with Gasteiger partial charge in [0.1, 0.15) is 17.3 Å². The Bertz CT molecular complexity index is 1040. The van der Waals surface area contributed by atoms with Crippen molar-refractivity contribution < 1.29 is 24.2 Å². The van der Waals surface area contributed by atoms with Gasteiger partial charge < -0.3 is 24.4 Å². The van der Waals surface area contributed by atoms with E-state index in [4.69, 9.17) is 21.1 Å². The second-order valence-corrected chi connectivity index (χ2v) is 8.15. The first kappa shape index (κ1) is 23.6. The topological polar surface area (TPSA) is 79.3 Å². The van der Waals surface area contributed by atoms with Crippen LogP contribution in [0.5, 0.6) is 11.5 Å². The van der Waals surface area contributed by atoms with Crippen LogP contribution in [0.25, 0.3) is 5.76 Å². The lowest BCUT2D eigenvalue weighted by molar-refractivity contribution is -0.139. The lowest BCUT2D eigenvalue weighted by atomic mass is 9.95. The fourth-order valence-electron chi connectivity index (χ4n) is 3.84. The highest BCUT2D eigenvalue weighted by Crippen LogP contribution is 2.43. The largest absolute Gasteiger partial charge is 0.507 e. The van der Waals surface area contributed by atoms with Crippen molar-refractivity contribution in [3.05, 3.63) is 64.2 Å². The van der Waals surface area contributed by atoms with Crippen LogP contribution >= 0.6 is 11.6 Å². The number of benzene rings is 2. The minimum atomic E-state index is -0.739. The Balaban J connectivity index is 2.17. The number of carbonyl (C=O) groups excluding carboxylic acids is 2. The standard InChI is InChI=1S/C24H27ClN2O5/c1-26(2)11-8-12-27-21(15-9-6-5-7-10-15)20(23(29)24(27)30)22(28)16-13-19(32-4)17(25)14-18(16)31-3/h5-7,9-10,13-14,21,28H,8,11-12H2,1-4H3/b22-20+. The number of amides is 1. The molecule has 1 N–H and O–H groups in total. The Morgan fingerprint density at radius 1 is 1.09 bits per heavy atom. The minimum Gasteiger partial charge on any atom is -0.507 e. The highest BCUT2D eigenvalue weighted by atomic mass is 35.5. The van der Waals surface area contributed by atoms with E-state index < -0.39 is 17.7 Å². The minimum absolute atomic E-state index is 0.00808. The first-order chi connectivity index (χ1) is 15.3. The number of nitrogens with zero attached hydrogens (tertiary/aromatic N) is 2. The molecule has 1 saturated heterocycles. The summed E-state index contributed by atoms with van der Waals surface area (Å²) in [6.45, 7) is 1.13. The number of carbonyl (C=O) groups is 2. The molecule has 8 heteroatoms. The molecule has 0 saturated carbocycles. The summed E-state index contributed by atoms with van der Waals surface area (Å²) in [7, 11) is 6.78. The Labute approximate surface area is 192 Å². The third-order valence-electron chi connectivity index (χ3n) is 5.39. The number of rotatable bonds is 8. The molecular weight excluding hydrogens is 432 g/mol. The van der Waals surface area contributed by atoms with Gasteiger partial charge in [0.25, 0.3) is 11.7 Å². The molecule has 1 amide bonds. The molecular formula is C24H27ClN2O5. The third-order valence-corrected chi connectivity index (χ3v) is 5.68. The lowest BCUT2D eigenvalue weighted by Gasteiger charge is -2.26. The summed E-state index contributed by atoms with van der Waals surface area (Å²) in [6, 6.07) is 11.5. The molecule has 3 rings (SSSR count). The van der Waals surface area contributed by atoms with Crippen LogP contribution in [0, 0.1) is 0 Å². The third kappa shape index (κ3) is 4.59. The van der Waals surface area contributed by atoms with Gasteiger partial charge in [-0.3, -0.25) is 9.59 Å². The SMILES string of the molecule is COc1cc(/C(O)=C2\C(=O)C(=O)N(CCCN(C)C)C2c2ccccc2)c(OC)cc1Cl. The molecule has 0 bridgehead atoms. The van der Waals surface area contributed by atoms with Crippen molar-refractivity contribution in [1.29, 1.82) is 0 Å². The predicted octanol–water partition coefficient (Wildman–Crippen LogP) is 3.73. The number of hydrogen-bond donors (Lipinski definition) is 1. The van der Waals surface area contributed by atoms with E-state index in [1.807, 2.05) is 49.3 Å². The van der Waals surface area contributed by atoms with Crippen LogP contribution in [0.15, 0.2) is 48.0 Å². The molecule has 2 aromatic carbocycles. The van der Waals surface area contributed by atoms with Crippen molar-refractivity contribution in [2.45, 2.75) is 12.5 Å². The van der Waals surface area contributed by atoms with E-state index in [1.165, 1.54) is 31.3 Å². The maximum atomic E-state index is 13.1. The van der Waals surface area contributed by atoms with E-state index >= 15 is 0 Å². The number of aliphatic hydroxyl groups excluding tert-OH is 1. The van der Waals surface area contributed by atoms with E-state index in [0.717, 1.165) is 12.1 Å². The molecule has 1 atom stereocenters. The molecule has 32 heavy (non-hydrogen) atoms. The van der Waals surface area contributed by atoms with Crippen LogP contribution in [0.3, 0.4) is 0 Å². The quantitative estimate of drug-likeness (QED) is 0.369. The summed E-state index contributed by atoms with van der Waals surface area (Å²) in [5.74, 6) is -1.14. The van der Waals surface area contributed by atoms with E-state index in [9.17, 15) is 14.7 Å². The molecule has 7 nitrogen and oxygen atoms in total. The van der Waals surface area contributed by atoms with Gasteiger partial charge in [-0.15, -0.1) is 0 Å². The number of halogens is 1. The van der Waals surface area contributed by atoms with Gasteiger partial charge in [-0.2, -0.15) is 0 Å². The van der Waals surface area contributed by atoms with Crippen LogP contribution in [-0.4, -0.2) is 68.0 Å². The second-order valence-electron chi connectivity index (χ2n) is 7.75. The molecule has 0 spiro atoms. The number of methoxy groups -OCH3 is 2. The van der Waals surface area contributed by atoms with Gasteiger partial charge in [0.2, 0.25) is 0 Å². The van der Waals surface area contributed by atoms with E-state index in [-0.39, 0.29) is 22.6 Å². The highest BCUT2D eigenvalue weighted by molar-refractivity contribution is 6.46. The van der Waals surface area contributed by atoms with Crippen molar-refractivity contribution in [2.24, 2.45) is 0 Å². The smallest absolute Gasteiger partial charge is 0.295 e. The van der Waals surface area contributed by atoms with Crippen molar-refractivity contribution in [1.82, 2.24) is 9.80 Å². The van der Waals surface area contributed by atoms with Crippen LogP contribution in [0.4, 0.5) is 0 Å². The number of aliphatic hydroxyl groups is 1. The summed E-state index contributed by atoms with van der Waals surface area (Å²) in [6.07, 6.45) is 0.682. The zero-order valence-corrected chi connectivity index (χ0v) is 19.3. The molecule has 1 aliphatic heterocycles. The van der Waals surface area contributed by atoms with Gasteiger partial charge in [-0.25, -0.2) is 0 Å². The molecule has 2 aromatic rings. The monoisotopic (exact) mass is 458 g/mol. The summed E-state index contributed by atoms with van der Waals surface area (Å²) in [5.41, 5.74) is 0.965. The van der Waals surface area contributed by atoms with Gasteiger partial charge >= 0.3 is 0 Å². The molecule has 1 heterocycles. The van der Waals surface area contributed by atoms with Crippen LogP contribution < -0.4 is 9.47 Å². The van der Waals surface area contributed by atoms with Gasteiger partial charge in [-0.05, 0) is 38.7 Å². The maximum Gasteiger partial charge on any atom is 0.295 e. The Kier molecular flexibility index (Phi) is 7.43. The van der Waals surface area contributed by atoms with E-state index in [2.05, 4.69) is 0 Å². The number of Topliss-reactive ketones (excluding diaryl/α,β-unsaturated/α-hetero) is 1. The van der Waals surface area contributed by atoms with Crippen molar-refractivity contribution in [3.8, 4) is 11.5 Å². The zero-order chi connectivity index (χ0) is 23.4. The molecule has 0 aliphatic carbocycles. The normalized spacial score (nSPS) is 17.8. The van der Waals surface area contributed by atoms with Gasteiger partial charge in [0.15, 0.2) is 0 Å². The molecule has 0 aromatic heterocycles. The summed E-state index contributed by atoms with van der Waals surface area (Å²) in [4.78, 5) is 29.6. The van der Waals surface area contributed by atoms with Gasteiger partial charge in [0.05, 0.1) is 36.4 Å². The fraction of sp³-hybridized carbons (Fsp3) is 0.333. The van der Waals surface area contributed by atoms with Crippen molar-refractivity contribution in [3.63, 3.8) is 0 Å². The van der Waals surface area contributed by atoms with E-state index in [0.29, 0.717) is 23.7 Å². The van der Waals surface area contributed by atoms with Gasteiger partial charge in [0, 0.05) is 12.6 Å². The molecule has 1 unspecified atom stereocenters. The first-order valence-electron chi connectivity index (χ1n) is 10.2. The number of ether oxygens (including phenoxy) is 2. The summed E-state index contributed by atoms with van der Waals surface area (Å²) < 4.78 is 10.6. The average molecular weight is 459 g/mol. The maximum absolute atomic E-state index is 13.1. The molecule has 0 radical (unpaired) electrons. The van der Waals surface area contributed by atoms with Gasteiger partial charge in [-0.1, -0.05) is 41.9 Å². The van der Waals surface area contributed by atoms with Crippen LogP contribution in [0.1, 0.15) is 23.6 Å². The summed E-state index contributed by atoms with van der Waals surface area (Å²) >= 11 is 6.19. The predicted molar refractivity (Wildman–Crippen MR) is 123 cm³/mol. The summed E-state index contributed by atoms with van der Waals surface area (Å²) in [5, 5.41) is 11.6. The molecule has 1 fully saturated rings. The highest BCUT2D eigenvalue weighted by Gasteiger charge is 2.46. The van der Waals surface area contributed by atoms with Crippen LogP contribution in [-0.2, 0) is 9.59 Å². The average Bonchev–Trinajstić information content (AvgIpc) is 3.03. The van der Waals surface area contributed by atoms with Crippen molar-refractivity contribution in [2.75, 3.05) is 41.4 Å². The fourth-order valence-corrected chi connectivity index (χ4v) is 4.07. The number of likely N-dealkylation sites (tertiary alicyclic amines) is 1. The zero-order valence-electron chi connectivity index (χ0n) is 18.6. The Morgan fingerprint density at radius 2 is 1.75 bits per heavy atom. The lowest BCUT2D eigenvalue weighted by Crippen LogP contribution is -2.32. The van der Waals surface area contributed by atoms with Crippen LogP contribution in [0.2, 0.25) is 5.02 Å². The molecule has 1 aliphatic rings. The Morgan fingerprint density at radius 3 is 2.34 bits per heavy atom.